The van der Waals surface area contributed by atoms with E-state index in [9.17, 15) is 14.0 Å². The highest BCUT2D eigenvalue weighted by Crippen LogP contribution is 2.23. The normalized spacial score (nSPS) is 10.4. The highest BCUT2D eigenvalue weighted by atomic mass is 32.1. The van der Waals surface area contributed by atoms with E-state index in [1.807, 2.05) is 0 Å². The number of nitrogens with one attached hydrogen (secondary N) is 2. The molecule has 0 atom stereocenters. The Labute approximate surface area is 182 Å². The topological polar surface area (TPSA) is 102 Å². The monoisotopic (exact) mass is 444 g/mol. The molecule has 0 unspecified atom stereocenters. The lowest BCUT2D eigenvalue weighted by Gasteiger charge is -2.11. The van der Waals surface area contributed by atoms with Gasteiger partial charge in [0.1, 0.15) is 22.3 Å². The first-order valence-corrected chi connectivity index (χ1v) is 10.2. The van der Waals surface area contributed by atoms with Gasteiger partial charge in [-0.2, -0.15) is 0 Å². The van der Waals surface area contributed by atoms with Gasteiger partial charge in [-0.25, -0.2) is 4.39 Å². The summed E-state index contributed by atoms with van der Waals surface area (Å²) in [5.74, 6) is 0.328. The molecule has 0 spiro atoms. The van der Waals surface area contributed by atoms with E-state index in [0.29, 0.717) is 35.2 Å². The Kier molecular flexibility index (Phi) is 7.50. The Hall–Kier alpha value is -3.53. The van der Waals surface area contributed by atoms with Gasteiger partial charge in [-0.1, -0.05) is 11.3 Å². The quantitative estimate of drug-likeness (QED) is 0.526. The van der Waals surface area contributed by atoms with Crippen molar-refractivity contribution in [2.24, 2.45) is 0 Å². The number of nitrogens with zero attached hydrogens (tertiary/aromatic N) is 2. The van der Waals surface area contributed by atoms with E-state index in [4.69, 9.17) is 9.47 Å². The van der Waals surface area contributed by atoms with Crippen LogP contribution in [0.25, 0.3) is 0 Å². The predicted octanol–water partition coefficient (Wildman–Crippen LogP) is 3.20. The number of aryl methyl sites for hydroxylation is 1. The third kappa shape index (κ3) is 6.22. The summed E-state index contributed by atoms with van der Waals surface area (Å²) < 4.78 is 23.4. The largest absolute Gasteiger partial charge is 0.497 e. The van der Waals surface area contributed by atoms with Gasteiger partial charge in [-0.3, -0.25) is 9.59 Å². The maximum atomic E-state index is 12.9. The van der Waals surface area contributed by atoms with Crippen LogP contribution in [-0.4, -0.2) is 36.2 Å². The summed E-state index contributed by atoms with van der Waals surface area (Å²) in [6.45, 7) is 0.292. The molecule has 31 heavy (non-hydrogen) atoms. The molecule has 1 heterocycles. The molecule has 0 radical (unpaired) electrons. The molecule has 0 bridgehead atoms. The number of ether oxygens (including phenoxy) is 2. The molecule has 10 heteroatoms. The van der Waals surface area contributed by atoms with E-state index in [2.05, 4.69) is 20.8 Å². The van der Waals surface area contributed by atoms with Crippen LogP contribution in [-0.2, 0) is 17.8 Å². The van der Waals surface area contributed by atoms with E-state index in [-0.39, 0.29) is 23.2 Å². The third-order valence-corrected chi connectivity index (χ3v) is 5.27. The van der Waals surface area contributed by atoms with Gasteiger partial charge in [-0.05, 0) is 42.5 Å². The first-order valence-electron chi connectivity index (χ1n) is 9.35. The number of anilines is 1. The highest BCUT2D eigenvalue weighted by molar-refractivity contribution is 7.13. The van der Waals surface area contributed by atoms with Gasteiger partial charge in [0.15, 0.2) is 0 Å². The lowest BCUT2D eigenvalue weighted by molar-refractivity contribution is -0.121. The summed E-state index contributed by atoms with van der Waals surface area (Å²) in [4.78, 5) is 24.4. The van der Waals surface area contributed by atoms with Gasteiger partial charge < -0.3 is 20.1 Å². The SMILES string of the molecule is COc1ccc(OC)c(CNC(=O)CCc2nnc(C(=O)Nc3ccc(F)cc3)s2)c1. The number of benzene rings is 2. The van der Waals surface area contributed by atoms with Crippen LogP contribution in [0.4, 0.5) is 10.1 Å². The second-order valence-corrected chi connectivity index (χ2v) is 7.48. The minimum atomic E-state index is -0.440. The number of halogens is 1. The van der Waals surface area contributed by atoms with Crippen molar-refractivity contribution in [1.29, 1.82) is 0 Å². The van der Waals surface area contributed by atoms with E-state index in [0.717, 1.165) is 16.9 Å². The van der Waals surface area contributed by atoms with Crippen molar-refractivity contribution in [3.8, 4) is 11.5 Å². The fourth-order valence-electron chi connectivity index (χ4n) is 2.69. The minimum absolute atomic E-state index is 0.167. The van der Waals surface area contributed by atoms with Gasteiger partial charge in [0, 0.05) is 30.6 Å². The van der Waals surface area contributed by atoms with Crippen molar-refractivity contribution in [3.63, 3.8) is 0 Å². The standard InChI is InChI=1S/C21H21FN4O4S/c1-29-16-7-8-17(30-2)13(11-16)12-23-18(27)9-10-19-25-26-21(31-19)20(28)24-15-5-3-14(22)4-6-15/h3-8,11H,9-10,12H2,1-2H3,(H,23,27)(H,24,28). The maximum absolute atomic E-state index is 12.9. The molecule has 2 amide bonds. The maximum Gasteiger partial charge on any atom is 0.286 e. The molecular weight excluding hydrogens is 423 g/mol. The number of methoxy groups -OCH3 is 2. The van der Waals surface area contributed by atoms with Crippen molar-refractivity contribution in [3.05, 3.63) is 63.9 Å². The lowest BCUT2D eigenvalue weighted by atomic mass is 10.2. The molecule has 3 rings (SSSR count). The minimum Gasteiger partial charge on any atom is -0.497 e. The van der Waals surface area contributed by atoms with Crippen molar-refractivity contribution in [1.82, 2.24) is 15.5 Å². The molecule has 0 saturated carbocycles. The fraction of sp³-hybridized carbons (Fsp3) is 0.238. The van der Waals surface area contributed by atoms with Crippen LogP contribution in [0, 0.1) is 5.82 Å². The second-order valence-electron chi connectivity index (χ2n) is 6.42. The highest BCUT2D eigenvalue weighted by Gasteiger charge is 2.14. The fourth-order valence-corrected chi connectivity index (χ4v) is 3.42. The Balaban J connectivity index is 1.49. The zero-order valence-electron chi connectivity index (χ0n) is 17.0. The van der Waals surface area contributed by atoms with Crippen LogP contribution in [0.15, 0.2) is 42.5 Å². The molecule has 2 aromatic carbocycles. The number of hydrogen-bond acceptors (Lipinski definition) is 7. The zero-order chi connectivity index (χ0) is 22.2. The number of carbonyl (C=O) groups excluding carboxylic acids is 2. The molecule has 0 fully saturated rings. The average molecular weight is 444 g/mol. The van der Waals surface area contributed by atoms with E-state index in [1.165, 1.54) is 24.3 Å². The summed E-state index contributed by atoms with van der Waals surface area (Å²) in [6, 6.07) is 10.8. The summed E-state index contributed by atoms with van der Waals surface area (Å²) in [6.07, 6.45) is 0.545. The molecule has 1 aromatic heterocycles. The summed E-state index contributed by atoms with van der Waals surface area (Å²) in [5, 5.41) is 14.0. The van der Waals surface area contributed by atoms with Crippen molar-refractivity contribution in [2.45, 2.75) is 19.4 Å². The van der Waals surface area contributed by atoms with E-state index in [1.54, 1.807) is 32.4 Å². The van der Waals surface area contributed by atoms with Gasteiger partial charge in [-0.15, -0.1) is 10.2 Å². The molecular formula is C21H21FN4O4S. The Morgan fingerprint density at radius 1 is 1.06 bits per heavy atom. The summed E-state index contributed by atoms with van der Waals surface area (Å²) >= 11 is 1.11. The van der Waals surface area contributed by atoms with Gasteiger partial charge in [0.2, 0.25) is 10.9 Å². The number of rotatable bonds is 9. The first-order chi connectivity index (χ1) is 15.0. The number of carbonyl (C=O) groups is 2. The molecule has 0 aliphatic heterocycles. The van der Waals surface area contributed by atoms with Crippen molar-refractivity contribution < 1.29 is 23.5 Å². The predicted molar refractivity (Wildman–Crippen MR) is 114 cm³/mol. The summed E-state index contributed by atoms with van der Waals surface area (Å²) in [5.41, 5.74) is 1.25. The molecule has 8 nitrogen and oxygen atoms in total. The van der Waals surface area contributed by atoms with Crippen LogP contribution in [0.5, 0.6) is 11.5 Å². The smallest absolute Gasteiger partial charge is 0.286 e. The van der Waals surface area contributed by atoms with Crippen LogP contribution in [0.1, 0.15) is 26.8 Å². The van der Waals surface area contributed by atoms with Crippen LogP contribution in [0.3, 0.4) is 0 Å². The first kappa shape index (κ1) is 22.2. The number of aromatic nitrogens is 2. The van der Waals surface area contributed by atoms with Crippen molar-refractivity contribution in [2.75, 3.05) is 19.5 Å². The van der Waals surface area contributed by atoms with Gasteiger partial charge >= 0.3 is 0 Å². The van der Waals surface area contributed by atoms with E-state index >= 15 is 0 Å². The third-order valence-electron chi connectivity index (χ3n) is 4.29. The Morgan fingerprint density at radius 2 is 1.84 bits per heavy atom. The molecule has 2 N–H and O–H groups in total. The molecule has 0 saturated heterocycles. The van der Waals surface area contributed by atoms with Gasteiger partial charge in [0.25, 0.3) is 5.91 Å². The van der Waals surface area contributed by atoms with Gasteiger partial charge in [0.05, 0.1) is 14.2 Å². The molecule has 0 aliphatic carbocycles. The Morgan fingerprint density at radius 3 is 2.55 bits per heavy atom. The van der Waals surface area contributed by atoms with Crippen molar-refractivity contribution >= 4 is 28.8 Å². The van der Waals surface area contributed by atoms with Crippen LogP contribution >= 0.6 is 11.3 Å². The molecule has 0 aliphatic rings. The Bertz CT molecular complexity index is 1060. The average Bonchev–Trinajstić information content (AvgIpc) is 3.27. The van der Waals surface area contributed by atoms with E-state index < -0.39 is 5.91 Å². The van der Waals surface area contributed by atoms with Crippen LogP contribution in [0.2, 0.25) is 0 Å². The molecule has 3 aromatic rings. The number of amides is 2. The van der Waals surface area contributed by atoms with Crippen LogP contribution < -0.4 is 20.1 Å². The summed E-state index contributed by atoms with van der Waals surface area (Å²) in [7, 11) is 3.13. The zero-order valence-corrected chi connectivity index (χ0v) is 17.8. The lowest BCUT2D eigenvalue weighted by Crippen LogP contribution is -2.23. The molecule has 162 valence electrons. The number of hydrogen-bond donors (Lipinski definition) is 2. The second kappa shape index (κ2) is 10.5.